The summed E-state index contributed by atoms with van der Waals surface area (Å²) in [6, 6.07) is -0.245. The minimum absolute atomic E-state index is 0.0972. The van der Waals surface area contributed by atoms with Gasteiger partial charge < -0.3 is 24.8 Å². The summed E-state index contributed by atoms with van der Waals surface area (Å²) in [5.74, 6) is -0.0972. The minimum atomic E-state index is -0.556. The molecule has 18 heavy (non-hydrogen) atoms. The van der Waals surface area contributed by atoms with Crippen molar-refractivity contribution in [3.8, 4) is 0 Å². The lowest BCUT2D eigenvalue weighted by atomic mass is 9.90. The fraction of sp³-hybridized carbons (Fsp3) is 0.818. The van der Waals surface area contributed by atoms with Crippen molar-refractivity contribution in [2.75, 3.05) is 27.3 Å². The number of rotatable bonds is 2. The standard InChI is InChI=1S/C11H20N2O5/c1-7(14)8-4-9(12-10(15)17-2)6-13(5-8)11(16)18-3/h7-9,14H,4-6H2,1-3H3,(H,12,15). The molecular formula is C11H20N2O5. The normalized spacial score (nSPS) is 25.2. The van der Waals surface area contributed by atoms with Crippen molar-refractivity contribution in [1.82, 2.24) is 10.2 Å². The summed E-state index contributed by atoms with van der Waals surface area (Å²) in [6.07, 6.45) is -0.965. The molecule has 2 N–H and O–H groups in total. The summed E-state index contributed by atoms with van der Waals surface area (Å²) >= 11 is 0. The summed E-state index contributed by atoms with van der Waals surface area (Å²) in [6.45, 7) is 2.44. The van der Waals surface area contributed by atoms with Crippen molar-refractivity contribution in [3.63, 3.8) is 0 Å². The summed E-state index contributed by atoms with van der Waals surface area (Å²) in [7, 11) is 2.58. The van der Waals surface area contributed by atoms with E-state index in [0.717, 1.165) is 0 Å². The molecule has 0 saturated carbocycles. The second-order valence-corrected chi connectivity index (χ2v) is 4.44. The molecule has 7 heteroatoms. The van der Waals surface area contributed by atoms with E-state index in [1.54, 1.807) is 6.92 Å². The molecule has 0 aliphatic carbocycles. The third-order valence-corrected chi connectivity index (χ3v) is 3.11. The lowest BCUT2D eigenvalue weighted by Gasteiger charge is -2.38. The number of nitrogens with zero attached hydrogens (tertiary/aromatic N) is 1. The highest BCUT2D eigenvalue weighted by Crippen LogP contribution is 2.20. The van der Waals surface area contributed by atoms with Crippen LogP contribution in [-0.4, -0.2) is 61.6 Å². The molecule has 0 aromatic carbocycles. The van der Waals surface area contributed by atoms with Crippen LogP contribution >= 0.6 is 0 Å². The smallest absolute Gasteiger partial charge is 0.409 e. The van der Waals surface area contributed by atoms with Crippen LogP contribution in [0, 0.1) is 5.92 Å². The van der Waals surface area contributed by atoms with E-state index in [4.69, 9.17) is 0 Å². The predicted molar refractivity (Wildman–Crippen MR) is 63.1 cm³/mol. The van der Waals surface area contributed by atoms with Crippen molar-refractivity contribution < 1.29 is 24.2 Å². The van der Waals surface area contributed by atoms with Gasteiger partial charge in [0.25, 0.3) is 0 Å². The molecule has 1 heterocycles. The maximum Gasteiger partial charge on any atom is 0.409 e. The number of hydrogen-bond donors (Lipinski definition) is 2. The Bertz CT molecular complexity index is 308. The van der Waals surface area contributed by atoms with Crippen molar-refractivity contribution in [3.05, 3.63) is 0 Å². The summed E-state index contributed by atoms with van der Waals surface area (Å²) < 4.78 is 9.18. The molecule has 1 fully saturated rings. The van der Waals surface area contributed by atoms with Gasteiger partial charge in [-0.15, -0.1) is 0 Å². The fourth-order valence-electron chi connectivity index (χ4n) is 2.10. The molecule has 1 rings (SSSR count). The molecule has 0 aromatic heterocycles. The molecule has 1 saturated heterocycles. The zero-order valence-corrected chi connectivity index (χ0v) is 10.9. The second-order valence-electron chi connectivity index (χ2n) is 4.44. The highest BCUT2D eigenvalue weighted by atomic mass is 16.5. The van der Waals surface area contributed by atoms with Gasteiger partial charge in [-0.1, -0.05) is 0 Å². The van der Waals surface area contributed by atoms with E-state index < -0.39 is 18.3 Å². The number of likely N-dealkylation sites (tertiary alicyclic amines) is 1. The largest absolute Gasteiger partial charge is 0.453 e. The molecule has 3 unspecified atom stereocenters. The molecule has 104 valence electrons. The molecule has 0 bridgehead atoms. The van der Waals surface area contributed by atoms with Crippen LogP contribution in [0.3, 0.4) is 0 Å². The van der Waals surface area contributed by atoms with E-state index in [1.165, 1.54) is 19.1 Å². The summed E-state index contributed by atoms with van der Waals surface area (Å²) in [5.41, 5.74) is 0. The number of amides is 2. The Morgan fingerprint density at radius 2 is 2.00 bits per heavy atom. The highest BCUT2D eigenvalue weighted by Gasteiger charge is 2.33. The Morgan fingerprint density at radius 3 is 2.50 bits per heavy atom. The first-order valence-electron chi connectivity index (χ1n) is 5.83. The van der Waals surface area contributed by atoms with Crippen molar-refractivity contribution in [1.29, 1.82) is 0 Å². The third kappa shape index (κ3) is 3.76. The molecular weight excluding hydrogens is 240 g/mol. The molecule has 0 aromatic rings. The lowest BCUT2D eigenvalue weighted by molar-refractivity contribution is 0.0419. The van der Waals surface area contributed by atoms with E-state index in [0.29, 0.717) is 19.5 Å². The van der Waals surface area contributed by atoms with Crippen LogP contribution < -0.4 is 5.32 Å². The number of piperidine rings is 1. The van der Waals surface area contributed by atoms with Gasteiger partial charge in [0.15, 0.2) is 0 Å². The van der Waals surface area contributed by atoms with Gasteiger partial charge in [-0.3, -0.25) is 0 Å². The maximum atomic E-state index is 11.5. The Balaban J connectivity index is 2.68. The highest BCUT2D eigenvalue weighted by molar-refractivity contribution is 5.69. The lowest BCUT2D eigenvalue weighted by Crippen LogP contribution is -2.54. The second kappa shape index (κ2) is 6.44. The number of ether oxygens (including phenoxy) is 2. The van der Waals surface area contributed by atoms with Gasteiger partial charge in [-0.2, -0.15) is 0 Å². The van der Waals surface area contributed by atoms with E-state index >= 15 is 0 Å². The average Bonchev–Trinajstić information content (AvgIpc) is 2.37. The number of hydrogen-bond acceptors (Lipinski definition) is 5. The number of nitrogens with one attached hydrogen (secondary N) is 1. The van der Waals surface area contributed by atoms with E-state index in [1.807, 2.05) is 0 Å². The Morgan fingerprint density at radius 1 is 1.33 bits per heavy atom. The molecule has 7 nitrogen and oxygen atoms in total. The van der Waals surface area contributed by atoms with E-state index in [9.17, 15) is 14.7 Å². The Hall–Kier alpha value is -1.50. The first-order valence-corrected chi connectivity index (χ1v) is 5.83. The molecule has 0 spiro atoms. The Kier molecular flexibility index (Phi) is 5.21. The number of alkyl carbamates (subject to hydrolysis) is 1. The average molecular weight is 260 g/mol. The minimum Gasteiger partial charge on any atom is -0.453 e. The van der Waals surface area contributed by atoms with Crippen LogP contribution in [0.4, 0.5) is 9.59 Å². The van der Waals surface area contributed by atoms with Gasteiger partial charge in [0.1, 0.15) is 0 Å². The third-order valence-electron chi connectivity index (χ3n) is 3.11. The maximum absolute atomic E-state index is 11.5. The predicted octanol–water partition coefficient (Wildman–Crippen LogP) is 0.180. The summed E-state index contributed by atoms with van der Waals surface area (Å²) in [4.78, 5) is 24.2. The number of aliphatic hydroxyl groups is 1. The number of carbonyl (C=O) groups excluding carboxylic acids is 2. The number of carbonyl (C=O) groups is 2. The number of aliphatic hydroxyl groups excluding tert-OH is 1. The molecule has 1 aliphatic rings. The van der Waals surface area contributed by atoms with Crippen LogP contribution in [0.25, 0.3) is 0 Å². The molecule has 2 amide bonds. The van der Waals surface area contributed by atoms with Crippen molar-refractivity contribution >= 4 is 12.2 Å². The monoisotopic (exact) mass is 260 g/mol. The quantitative estimate of drug-likeness (QED) is 0.739. The SMILES string of the molecule is COC(=O)NC1CC(C(C)O)CN(C(=O)OC)C1. The van der Waals surface area contributed by atoms with Crippen LogP contribution in [0.2, 0.25) is 0 Å². The zero-order valence-electron chi connectivity index (χ0n) is 10.9. The van der Waals surface area contributed by atoms with E-state index in [-0.39, 0.29) is 12.0 Å². The molecule has 1 aliphatic heterocycles. The van der Waals surface area contributed by atoms with Gasteiger partial charge >= 0.3 is 12.2 Å². The van der Waals surface area contributed by atoms with Crippen LogP contribution in [0.15, 0.2) is 0 Å². The number of methoxy groups -OCH3 is 2. The topological polar surface area (TPSA) is 88.1 Å². The van der Waals surface area contributed by atoms with Gasteiger partial charge in [-0.25, -0.2) is 9.59 Å². The van der Waals surface area contributed by atoms with Gasteiger partial charge in [0, 0.05) is 19.0 Å². The van der Waals surface area contributed by atoms with E-state index in [2.05, 4.69) is 14.8 Å². The van der Waals surface area contributed by atoms with Crippen molar-refractivity contribution in [2.45, 2.75) is 25.5 Å². The van der Waals surface area contributed by atoms with Crippen LogP contribution in [0.5, 0.6) is 0 Å². The molecule has 0 radical (unpaired) electrons. The fourth-order valence-corrected chi connectivity index (χ4v) is 2.10. The molecule has 3 atom stereocenters. The van der Waals surface area contributed by atoms with Gasteiger partial charge in [-0.05, 0) is 13.3 Å². The Labute approximate surface area is 106 Å². The van der Waals surface area contributed by atoms with Crippen LogP contribution in [-0.2, 0) is 9.47 Å². The summed E-state index contributed by atoms with van der Waals surface area (Å²) in [5, 5.41) is 12.3. The van der Waals surface area contributed by atoms with Gasteiger partial charge in [0.2, 0.25) is 0 Å². The van der Waals surface area contributed by atoms with Crippen molar-refractivity contribution in [2.24, 2.45) is 5.92 Å². The van der Waals surface area contributed by atoms with Crippen LogP contribution in [0.1, 0.15) is 13.3 Å². The van der Waals surface area contributed by atoms with Gasteiger partial charge in [0.05, 0.1) is 26.4 Å². The zero-order chi connectivity index (χ0) is 13.7. The first-order chi connectivity index (χ1) is 8.47. The first kappa shape index (κ1) is 14.6.